The average Bonchev–Trinajstić information content (AvgIpc) is 4.18. The van der Waals surface area contributed by atoms with Crippen molar-refractivity contribution in [3.63, 3.8) is 0 Å². The minimum atomic E-state index is -5.66. The smallest absolute Gasteiger partial charge is 0.318 e. The highest BCUT2D eigenvalue weighted by atomic mass is 32.2. The molecule has 0 spiro atoms. The van der Waals surface area contributed by atoms with Crippen molar-refractivity contribution in [1.29, 1.82) is 0 Å². The Kier molecular flexibility index (Phi) is 12.4. The Bertz CT molecular complexity index is 3920. The third kappa shape index (κ3) is 8.01. The number of rotatable bonds is 11. The number of H-pyrrole nitrogens is 3. The number of hydrogen-bond donors (Lipinski definition) is 7. The van der Waals surface area contributed by atoms with Gasteiger partial charge in [-0.1, -0.05) is 0 Å². The van der Waals surface area contributed by atoms with E-state index >= 15 is 52.7 Å². The number of carboxylic acids is 2. The van der Waals surface area contributed by atoms with E-state index in [0.29, 0.717) is 24.3 Å². The first-order valence-electron chi connectivity index (χ1n) is 19.0. The predicted molar refractivity (Wildman–Crippen MR) is 217 cm³/mol. The van der Waals surface area contributed by atoms with Gasteiger partial charge in [-0.05, 0) is 36.4 Å². The molecule has 0 atom stereocenters. The Morgan fingerprint density at radius 1 is 0.444 bits per heavy atom. The van der Waals surface area contributed by atoms with E-state index in [9.17, 15) is 49.8 Å². The number of aromatic nitrogens is 4. The Balaban J connectivity index is 1.76. The Hall–Kier alpha value is -7.90. The number of carbonyl (C=O) groups is 2. The van der Waals surface area contributed by atoms with Gasteiger partial charge in [0.05, 0.1) is 33.4 Å². The summed E-state index contributed by atoms with van der Waals surface area (Å²) < 4.78 is 289. The summed E-state index contributed by atoms with van der Waals surface area (Å²) in [5.74, 6) is -44.9. The summed E-state index contributed by atoms with van der Waals surface area (Å²) in [5, 5.41) is 18.6. The van der Waals surface area contributed by atoms with Crippen molar-refractivity contribution in [2.75, 3.05) is 13.1 Å². The number of hydrogen-bond acceptors (Lipinski definition) is 7. The zero-order valence-corrected chi connectivity index (χ0v) is 35.8. The lowest BCUT2D eigenvalue weighted by molar-refractivity contribution is -0.136. The van der Waals surface area contributed by atoms with Crippen molar-refractivity contribution >= 4 is 76.1 Å². The van der Waals surface area contributed by atoms with Crippen LogP contribution in [0.25, 0.3) is 77.5 Å². The normalized spacial score (nSPS) is 12.6. The molecule has 0 saturated heterocycles. The molecule has 14 nitrogen and oxygen atoms in total. The van der Waals surface area contributed by atoms with Gasteiger partial charge >= 0.3 is 11.9 Å². The fourth-order valence-electron chi connectivity index (χ4n) is 7.41. The van der Waals surface area contributed by atoms with Crippen LogP contribution in [0.15, 0.2) is 35.2 Å². The van der Waals surface area contributed by atoms with E-state index in [4.69, 9.17) is 0 Å². The maximum atomic E-state index is 16.1. The minimum Gasteiger partial charge on any atom is -0.480 e. The zero-order chi connectivity index (χ0) is 53.0. The van der Waals surface area contributed by atoms with Crippen LogP contribution in [0.5, 0.6) is 0 Å². The second kappa shape index (κ2) is 17.7. The third-order valence-corrected chi connectivity index (χ3v) is 13.4. The van der Waals surface area contributed by atoms with Crippen LogP contribution in [0.4, 0.5) is 65.9 Å². The van der Waals surface area contributed by atoms with Gasteiger partial charge in [-0.15, -0.1) is 0 Å². The van der Waals surface area contributed by atoms with E-state index in [1.54, 1.807) is 0 Å². The molecular formula is C41H17F15N6O8S2. The highest BCUT2D eigenvalue weighted by Gasteiger charge is 2.36. The lowest BCUT2D eigenvalue weighted by Crippen LogP contribution is -2.29. The molecule has 4 aromatic heterocycles. The van der Waals surface area contributed by atoms with Crippen LogP contribution in [-0.2, 0) is 29.6 Å². The minimum absolute atomic E-state index is 0.205. The molecule has 0 amide bonds. The monoisotopic (exact) mass is 1070 g/mol. The molecule has 3 aromatic carbocycles. The summed E-state index contributed by atoms with van der Waals surface area (Å²) in [6, 6.07) is 2.40. The number of carboxylic acid groups (broad SMARTS) is 2. The molecule has 8 bridgehead atoms. The first-order chi connectivity index (χ1) is 33.6. The molecule has 1 aliphatic heterocycles. The maximum absolute atomic E-state index is 16.1. The van der Waals surface area contributed by atoms with Gasteiger partial charge in [-0.3, -0.25) is 9.59 Å². The average molecular weight is 1070 g/mol. The van der Waals surface area contributed by atoms with E-state index in [0.717, 1.165) is 0 Å². The van der Waals surface area contributed by atoms with E-state index in [1.165, 1.54) is 9.44 Å². The molecule has 7 N–H and O–H groups in total. The van der Waals surface area contributed by atoms with Crippen LogP contribution in [0, 0.1) is 87.3 Å². The second-order valence-electron chi connectivity index (χ2n) is 14.7. The van der Waals surface area contributed by atoms with Crippen LogP contribution in [0.1, 0.15) is 11.4 Å². The number of sulfonamides is 2. The molecule has 31 heteroatoms. The largest absolute Gasteiger partial charge is 0.480 e. The van der Waals surface area contributed by atoms with E-state index in [2.05, 4.69) is 19.9 Å². The number of nitrogens with zero attached hydrogens (tertiary/aromatic N) is 1. The Morgan fingerprint density at radius 2 is 0.778 bits per heavy atom. The highest BCUT2D eigenvalue weighted by molar-refractivity contribution is 7.99. The molecule has 72 heavy (non-hydrogen) atoms. The van der Waals surface area contributed by atoms with Crippen molar-refractivity contribution < 1.29 is 102 Å². The van der Waals surface area contributed by atoms with Crippen molar-refractivity contribution in [2.24, 2.45) is 0 Å². The molecule has 1 aliphatic rings. The molecule has 0 saturated carbocycles. The van der Waals surface area contributed by atoms with Gasteiger partial charge in [0, 0.05) is 38.8 Å². The van der Waals surface area contributed by atoms with Crippen molar-refractivity contribution in [3.8, 4) is 33.4 Å². The topological polar surface area (TPSA) is 227 Å². The van der Waals surface area contributed by atoms with Gasteiger partial charge in [0.15, 0.2) is 69.8 Å². The van der Waals surface area contributed by atoms with Crippen LogP contribution in [-0.4, -0.2) is 72.0 Å². The highest BCUT2D eigenvalue weighted by Crippen LogP contribution is 2.44. The third-order valence-electron chi connectivity index (χ3n) is 10.5. The van der Waals surface area contributed by atoms with Gasteiger partial charge in [-0.2, -0.15) is 9.44 Å². The summed E-state index contributed by atoms with van der Waals surface area (Å²) in [6.45, 7) is -3.11. The number of benzene rings is 3. The van der Waals surface area contributed by atoms with Crippen molar-refractivity contribution in [3.05, 3.63) is 129 Å². The van der Waals surface area contributed by atoms with Crippen LogP contribution in [0.3, 0.4) is 0 Å². The molecule has 5 heterocycles. The van der Waals surface area contributed by atoms with E-state index in [-0.39, 0.29) is 12.1 Å². The molecule has 8 rings (SSSR count). The van der Waals surface area contributed by atoms with Crippen molar-refractivity contribution in [2.45, 2.75) is 4.90 Å². The summed E-state index contributed by atoms with van der Waals surface area (Å²) in [4.78, 5) is 30.4. The molecule has 0 unspecified atom stereocenters. The standard InChI is InChI=1S/C41H17F15N6O8S2/c42-25-22(26(43)32(49)37(54)31(25)48)19-9-1-2-11(59-9)20(23-27(44)33(50)38(55)34(51)28(23)45)13-5-15(71(67,68)57-7-17(63)64)40(61-13)14-6-16(72(69,70)58-8-18(65)66)41(62-14)21(12-4-3-10(19)60-12)24-29(46)35(52)39(56)36(53)30(24)47/h1-6,57-60,62H,7-8H2,(H,63,64)(H,65,66). The number of fused-ring (bicyclic) bond motifs is 9. The summed E-state index contributed by atoms with van der Waals surface area (Å²) in [7, 11) is -11.2. The predicted octanol–water partition coefficient (Wildman–Crippen LogP) is 8.48. The summed E-state index contributed by atoms with van der Waals surface area (Å²) in [5.41, 5.74) is -20.1. The first-order valence-corrected chi connectivity index (χ1v) is 22.0. The number of aliphatic carboxylic acids is 2. The number of nitrogens with one attached hydrogen (secondary N) is 5. The van der Waals surface area contributed by atoms with Gasteiger partial charge in [0.25, 0.3) is 0 Å². The molecule has 376 valence electrons. The number of halogens is 15. The SMILES string of the molecule is O=C(O)CNS(=O)(=O)C1=Cc2nc1c1cc(S(=O)(=O)NCC(=O)O)c([nH]1)c(-c1c(F)c(F)c(F)c(F)c1F)c1ccc([nH]1)c(-c1c(F)c(F)c(F)c(F)c1F)c1ccc([nH]1)c2-c1c(F)c(F)c(F)c(F)c1F. The lowest BCUT2D eigenvalue weighted by Gasteiger charge is -2.11. The van der Waals surface area contributed by atoms with Gasteiger partial charge in [-0.25, -0.2) is 87.7 Å². The molecule has 0 radical (unpaired) electrons. The maximum Gasteiger partial charge on any atom is 0.318 e. The van der Waals surface area contributed by atoms with E-state index < -0.39 is 220 Å². The summed E-state index contributed by atoms with van der Waals surface area (Å²) >= 11 is 0. The fraction of sp³-hybridized carbons (Fsp3) is 0.0488. The van der Waals surface area contributed by atoms with Gasteiger partial charge < -0.3 is 25.2 Å². The van der Waals surface area contributed by atoms with Crippen molar-refractivity contribution in [1.82, 2.24) is 29.4 Å². The Morgan fingerprint density at radius 3 is 1.18 bits per heavy atom. The van der Waals surface area contributed by atoms with E-state index in [1.807, 2.05) is 0 Å². The van der Waals surface area contributed by atoms with Crippen LogP contribution >= 0.6 is 0 Å². The first kappa shape index (κ1) is 50.5. The quantitative estimate of drug-likeness (QED) is 0.0374. The summed E-state index contributed by atoms with van der Waals surface area (Å²) in [6.07, 6.45) is 0.205. The fourth-order valence-corrected chi connectivity index (χ4v) is 9.72. The molecule has 0 fully saturated rings. The zero-order valence-electron chi connectivity index (χ0n) is 34.2. The van der Waals surface area contributed by atoms with Crippen LogP contribution < -0.4 is 9.44 Å². The molecular weight excluding hydrogens is 1050 g/mol. The Labute approximate surface area is 387 Å². The molecule has 0 aliphatic carbocycles. The van der Waals surface area contributed by atoms with Gasteiger partial charge in [0.2, 0.25) is 37.5 Å². The second-order valence-corrected chi connectivity index (χ2v) is 18.2. The lowest BCUT2D eigenvalue weighted by atomic mass is 10.0. The van der Waals surface area contributed by atoms with Crippen LogP contribution in [0.2, 0.25) is 0 Å². The molecule has 7 aromatic rings. The van der Waals surface area contributed by atoms with Gasteiger partial charge in [0.1, 0.15) is 28.6 Å². The number of aromatic amines is 3.